The molecule has 2 rings (SSSR count). The molecule has 1 heterocycles. The molecule has 0 spiro atoms. The molecule has 0 bridgehead atoms. The highest BCUT2D eigenvalue weighted by Crippen LogP contribution is 2.23. The Kier molecular flexibility index (Phi) is 14.0. The van der Waals surface area contributed by atoms with Crippen LogP contribution in [0.2, 0.25) is 0 Å². The molecule has 2 aromatic rings. The summed E-state index contributed by atoms with van der Waals surface area (Å²) in [6.45, 7) is 5.58. The Morgan fingerprint density at radius 3 is 1.71 bits per heavy atom. The Hall–Kier alpha value is -1.64. The van der Waals surface area contributed by atoms with Gasteiger partial charge in [-0.3, -0.25) is 0 Å². The molecule has 0 radical (unpaired) electrons. The molecule has 0 aliphatic carbocycles. The molecule has 0 aliphatic rings. The molecule has 0 aliphatic heterocycles. The summed E-state index contributed by atoms with van der Waals surface area (Å²) in [5.74, 6) is 0. The highest BCUT2D eigenvalue weighted by atomic mass is 15.4. The fourth-order valence-electron chi connectivity index (χ4n) is 4.40. The molecule has 0 fully saturated rings. The average Bonchev–Trinajstić information content (AvgIpc) is 3.20. The van der Waals surface area contributed by atoms with Crippen LogP contribution < -0.4 is 0 Å². The number of aryl methyl sites for hydroxylation is 1. The SMILES string of the molecule is CCCCCCCCCCCCc1c(-c2ccccc2)nnn1CCCCCCCC. The molecule has 0 unspecified atom stereocenters. The Morgan fingerprint density at radius 2 is 1.13 bits per heavy atom. The topological polar surface area (TPSA) is 30.7 Å². The van der Waals surface area contributed by atoms with Crippen LogP contribution in [-0.2, 0) is 13.0 Å². The molecular formula is C28H47N3. The van der Waals surface area contributed by atoms with E-state index in [2.05, 4.69) is 59.2 Å². The highest BCUT2D eigenvalue weighted by Gasteiger charge is 2.14. The summed E-state index contributed by atoms with van der Waals surface area (Å²) < 4.78 is 2.20. The van der Waals surface area contributed by atoms with Crippen LogP contribution in [0.4, 0.5) is 0 Å². The minimum absolute atomic E-state index is 1.01. The molecule has 0 saturated carbocycles. The fourth-order valence-corrected chi connectivity index (χ4v) is 4.40. The van der Waals surface area contributed by atoms with Gasteiger partial charge in [-0.1, -0.05) is 139 Å². The molecule has 1 aromatic heterocycles. The van der Waals surface area contributed by atoms with Crippen molar-refractivity contribution in [2.75, 3.05) is 0 Å². The fraction of sp³-hybridized carbons (Fsp3) is 0.714. The first-order valence-corrected chi connectivity index (χ1v) is 13.3. The molecule has 174 valence electrons. The Labute approximate surface area is 192 Å². The van der Waals surface area contributed by atoms with E-state index in [-0.39, 0.29) is 0 Å². The largest absolute Gasteiger partial charge is 0.249 e. The van der Waals surface area contributed by atoms with Crippen molar-refractivity contribution in [3.8, 4) is 11.3 Å². The van der Waals surface area contributed by atoms with Crippen molar-refractivity contribution in [2.45, 2.75) is 130 Å². The molecule has 31 heavy (non-hydrogen) atoms. The molecule has 0 atom stereocenters. The van der Waals surface area contributed by atoms with Gasteiger partial charge in [0.15, 0.2) is 0 Å². The monoisotopic (exact) mass is 425 g/mol. The summed E-state index contributed by atoms with van der Waals surface area (Å²) in [5, 5.41) is 9.15. The van der Waals surface area contributed by atoms with Gasteiger partial charge in [0.25, 0.3) is 0 Å². The number of unbranched alkanes of at least 4 members (excludes halogenated alkanes) is 14. The van der Waals surface area contributed by atoms with E-state index in [1.54, 1.807) is 0 Å². The maximum atomic E-state index is 4.59. The summed E-state index contributed by atoms with van der Waals surface area (Å²) >= 11 is 0. The van der Waals surface area contributed by atoms with Crippen molar-refractivity contribution in [2.24, 2.45) is 0 Å². The minimum atomic E-state index is 1.01. The zero-order chi connectivity index (χ0) is 22.0. The molecule has 1 aromatic carbocycles. The maximum Gasteiger partial charge on any atom is 0.116 e. The quantitative estimate of drug-likeness (QED) is 0.211. The number of hydrogen-bond acceptors (Lipinski definition) is 2. The number of aromatic nitrogens is 3. The third-order valence-corrected chi connectivity index (χ3v) is 6.38. The molecule has 3 heteroatoms. The summed E-state index contributed by atoms with van der Waals surface area (Å²) in [6.07, 6.45) is 22.8. The van der Waals surface area contributed by atoms with Gasteiger partial charge in [0.1, 0.15) is 5.69 Å². The van der Waals surface area contributed by atoms with E-state index >= 15 is 0 Å². The maximum absolute atomic E-state index is 4.59. The first-order chi connectivity index (χ1) is 15.4. The normalized spacial score (nSPS) is 11.3. The Balaban J connectivity index is 1.78. The number of hydrogen-bond donors (Lipinski definition) is 0. The number of nitrogens with zero attached hydrogens (tertiary/aromatic N) is 3. The molecule has 0 N–H and O–H groups in total. The van der Waals surface area contributed by atoms with Crippen molar-refractivity contribution in [1.29, 1.82) is 0 Å². The predicted octanol–water partition coefficient (Wildman–Crippen LogP) is 8.77. The lowest BCUT2D eigenvalue weighted by atomic mass is 10.0. The van der Waals surface area contributed by atoms with Crippen molar-refractivity contribution >= 4 is 0 Å². The van der Waals surface area contributed by atoms with Gasteiger partial charge in [-0.15, -0.1) is 5.10 Å². The Bertz CT molecular complexity index is 662. The third kappa shape index (κ3) is 10.5. The van der Waals surface area contributed by atoms with Gasteiger partial charge in [0.05, 0.1) is 5.69 Å². The van der Waals surface area contributed by atoms with Crippen LogP contribution in [0.5, 0.6) is 0 Å². The van der Waals surface area contributed by atoms with E-state index in [1.165, 1.54) is 114 Å². The highest BCUT2D eigenvalue weighted by molar-refractivity contribution is 5.61. The van der Waals surface area contributed by atoms with Crippen LogP contribution in [0, 0.1) is 0 Å². The molecular weight excluding hydrogens is 378 g/mol. The van der Waals surface area contributed by atoms with E-state index < -0.39 is 0 Å². The van der Waals surface area contributed by atoms with Crippen LogP contribution in [0.3, 0.4) is 0 Å². The van der Waals surface area contributed by atoms with Crippen molar-refractivity contribution in [1.82, 2.24) is 15.0 Å². The lowest BCUT2D eigenvalue weighted by molar-refractivity contribution is 0.496. The zero-order valence-electron chi connectivity index (χ0n) is 20.5. The van der Waals surface area contributed by atoms with Crippen LogP contribution in [0.25, 0.3) is 11.3 Å². The van der Waals surface area contributed by atoms with Crippen molar-refractivity contribution in [3.63, 3.8) is 0 Å². The summed E-state index contributed by atoms with van der Waals surface area (Å²) in [5.41, 5.74) is 3.65. The van der Waals surface area contributed by atoms with E-state index in [0.717, 1.165) is 18.7 Å². The predicted molar refractivity (Wildman–Crippen MR) is 134 cm³/mol. The molecule has 0 amide bonds. The van der Waals surface area contributed by atoms with Gasteiger partial charge in [-0.2, -0.15) is 0 Å². The number of rotatable bonds is 19. The summed E-state index contributed by atoms with van der Waals surface area (Å²) in [7, 11) is 0. The molecule has 3 nitrogen and oxygen atoms in total. The lowest BCUT2D eigenvalue weighted by Gasteiger charge is -2.09. The second kappa shape index (κ2) is 17.0. The van der Waals surface area contributed by atoms with E-state index in [1.807, 2.05) is 0 Å². The Morgan fingerprint density at radius 1 is 0.613 bits per heavy atom. The van der Waals surface area contributed by atoms with Crippen molar-refractivity contribution < 1.29 is 0 Å². The smallest absolute Gasteiger partial charge is 0.116 e. The second-order valence-corrected chi connectivity index (χ2v) is 9.17. The summed E-state index contributed by atoms with van der Waals surface area (Å²) in [4.78, 5) is 0. The first-order valence-electron chi connectivity index (χ1n) is 13.3. The van der Waals surface area contributed by atoms with Gasteiger partial charge in [0, 0.05) is 12.1 Å². The van der Waals surface area contributed by atoms with Crippen LogP contribution in [0.1, 0.15) is 122 Å². The standard InChI is InChI=1S/C28H47N3/c1-3-5-7-9-11-12-13-14-15-20-24-27-28(26-22-18-17-19-23-26)29-30-31(27)25-21-16-10-8-6-4-2/h17-19,22-23H,3-16,20-21,24-25H2,1-2H3. The van der Waals surface area contributed by atoms with Gasteiger partial charge >= 0.3 is 0 Å². The average molecular weight is 426 g/mol. The van der Waals surface area contributed by atoms with Crippen molar-refractivity contribution in [3.05, 3.63) is 36.0 Å². The van der Waals surface area contributed by atoms with E-state index in [0.29, 0.717) is 0 Å². The van der Waals surface area contributed by atoms with Gasteiger partial charge in [-0.25, -0.2) is 4.68 Å². The van der Waals surface area contributed by atoms with E-state index in [4.69, 9.17) is 0 Å². The second-order valence-electron chi connectivity index (χ2n) is 9.17. The lowest BCUT2D eigenvalue weighted by Crippen LogP contribution is -2.06. The van der Waals surface area contributed by atoms with Gasteiger partial charge in [-0.05, 0) is 19.3 Å². The van der Waals surface area contributed by atoms with Crippen LogP contribution in [0.15, 0.2) is 30.3 Å². The third-order valence-electron chi connectivity index (χ3n) is 6.38. The van der Waals surface area contributed by atoms with Crippen LogP contribution >= 0.6 is 0 Å². The summed E-state index contributed by atoms with van der Waals surface area (Å²) in [6, 6.07) is 10.6. The van der Waals surface area contributed by atoms with Gasteiger partial charge < -0.3 is 0 Å². The van der Waals surface area contributed by atoms with E-state index in [9.17, 15) is 0 Å². The van der Waals surface area contributed by atoms with Gasteiger partial charge in [0.2, 0.25) is 0 Å². The first kappa shape index (κ1) is 25.6. The number of benzene rings is 1. The zero-order valence-corrected chi connectivity index (χ0v) is 20.5. The molecule has 0 saturated heterocycles. The van der Waals surface area contributed by atoms with Crippen LogP contribution in [-0.4, -0.2) is 15.0 Å². The minimum Gasteiger partial charge on any atom is -0.249 e.